The average molecular weight is 303 g/mol. The smallest absolute Gasteiger partial charge is 0.243 e. The van der Waals surface area contributed by atoms with Crippen LogP contribution in [-0.2, 0) is 16.1 Å². The summed E-state index contributed by atoms with van der Waals surface area (Å²) < 4.78 is 5.66. The van der Waals surface area contributed by atoms with Gasteiger partial charge in [-0.1, -0.05) is 6.07 Å². The van der Waals surface area contributed by atoms with Crippen LogP contribution in [0.4, 0.5) is 0 Å². The minimum atomic E-state index is -0.465. The molecule has 6 heteroatoms. The summed E-state index contributed by atoms with van der Waals surface area (Å²) in [5.74, 6) is -0.244. The standard InChI is InChI=1S/C11H15BrN2O3/c12-9-5-8(1-2-10(9)15)6-14-3-4-17-7-11(13)16/h1-2,5,14-15H,3-4,6-7H2,(H2,13,16). The summed E-state index contributed by atoms with van der Waals surface area (Å²) >= 11 is 3.24. The van der Waals surface area contributed by atoms with Crippen molar-refractivity contribution in [2.75, 3.05) is 19.8 Å². The lowest BCUT2D eigenvalue weighted by Gasteiger charge is -2.06. The van der Waals surface area contributed by atoms with Crippen molar-refractivity contribution in [1.82, 2.24) is 5.32 Å². The van der Waals surface area contributed by atoms with Gasteiger partial charge in [0.15, 0.2) is 0 Å². The second-order valence-electron chi connectivity index (χ2n) is 3.48. The molecule has 0 aliphatic heterocycles. The number of phenols is 1. The van der Waals surface area contributed by atoms with E-state index < -0.39 is 5.91 Å². The van der Waals surface area contributed by atoms with E-state index in [1.54, 1.807) is 6.07 Å². The number of benzene rings is 1. The van der Waals surface area contributed by atoms with Gasteiger partial charge in [0.2, 0.25) is 5.91 Å². The third-order valence-corrected chi connectivity index (χ3v) is 2.64. The molecule has 0 spiro atoms. The molecular weight excluding hydrogens is 288 g/mol. The molecule has 0 heterocycles. The van der Waals surface area contributed by atoms with Crippen molar-refractivity contribution in [2.24, 2.45) is 5.73 Å². The molecule has 1 amide bonds. The number of halogens is 1. The Labute approximate surface area is 108 Å². The lowest BCUT2D eigenvalue weighted by Crippen LogP contribution is -2.23. The lowest BCUT2D eigenvalue weighted by atomic mass is 10.2. The molecule has 0 saturated carbocycles. The van der Waals surface area contributed by atoms with Gasteiger partial charge in [0.1, 0.15) is 12.4 Å². The first-order valence-electron chi connectivity index (χ1n) is 5.13. The second kappa shape index (κ2) is 7.26. The molecule has 1 rings (SSSR count). The van der Waals surface area contributed by atoms with Crippen molar-refractivity contribution in [3.63, 3.8) is 0 Å². The summed E-state index contributed by atoms with van der Waals surface area (Å²) in [6, 6.07) is 5.30. The molecule has 0 bridgehead atoms. The summed E-state index contributed by atoms with van der Waals surface area (Å²) in [4.78, 5) is 10.4. The Bertz CT molecular complexity index is 385. The van der Waals surface area contributed by atoms with Crippen LogP contribution in [0.3, 0.4) is 0 Å². The molecule has 17 heavy (non-hydrogen) atoms. The van der Waals surface area contributed by atoms with Gasteiger partial charge in [-0.15, -0.1) is 0 Å². The molecule has 4 N–H and O–H groups in total. The number of primary amides is 1. The Morgan fingerprint density at radius 2 is 2.29 bits per heavy atom. The summed E-state index contributed by atoms with van der Waals surface area (Å²) in [7, 11) is 0. The predicted molar refractivity (Wildman–Crippen MR) is 67.5 cm³/mol. The van der Waals surface area contributed by atoms with Crippen LogP contribution in [0.5, 0.6) is 5.75 Å². The van der Waals surface area contributed by atoms with E-state index in [0.717, 1.165) is 5.56 Å². The van der Waals surface area contributed by atoms with E-state index in [9.17, 15) is 9.90 Å². The predicted octanol–water partition coefficient (Wildman–Crippen LogP) is 0.746. The summed E-state index contributed by atoms with van der Waals surface area (Å²) in [5.41, 5.74) is 5.96. The molecule has 0 unspecified atom stereocenters. The second-order valence-corrected chi connectivity index (χ2v) is 4.34. The number of phenolic OH excluding ortho intramolecular Hbond substituents is 1. The number of carbonyl (C=O) groups excluding carboxylic acids is 1. The number of carbonyl (C=O) groups is 1. The van der Waals surface area contributed by atoms with E-state index in [1.165, 1.54) is 0 Å². The zero-order valence-electron chi connectivity index (χ0n) is 9.28. The van der Waals surface area contributed by atoms with Gasteiger partial charge in [-0.2, -0.15) is 0 Å². The van der Waals surface area contributed by atoms with Gasteiger partial charge in [0.05, 0.1) is 11.1 Å². The maximum absolute atomic E-state index is 10.4. The fraction of sp³-hybridized carbons (Fsp3) is 0.364. The van der Waals surface area contributed by atoms with E-state index in [0.29, 0.717) is 24.2 Å². The van der Waals surface area contributed by atoms with Crippen LogP contribution in [0.2, 0.25) is 0 Å². The molecule has 0 saturated heterocycles. The van der Waals surface area contributed by atoms with E-state index in [2.05, 4.69) is 21.2 Å². The van der Waals surface area contributed by atoms with Gasteiger partial charge < -0.3 is 20.9 Å². The van der Waals surface area contributed by atoms with Crippen molar-refractivity contribution in [2.45, 2.75) is 6.54 Å². The maximum atomic E-state index is 10.4. The number of amides is 1. The van der Waals surface area contributed by atoms with Crippen molar-refractivity contribution in [1.29, 1.82) is 0 Å². The van der Waals surface area contributed by atoms with Crippen molar-refractivity contribution in [3.8, 4) is 5.75 Å². The van der Waals surface area contributed by atoms with E-state index in [1.807, 2.05) is 12.1 Å². The van der Waals surface area contributed by atoms with Gasteiger partial charge in [-0.3, -0.25) is 4.79 Å². The number of hydrogen-bond acceptors (Lipinski definition) is 4. The Morgan fingerprint density at radius 3 is 2.94 bits per heavy atom. The molecule has 0 aromatic heterocycles. The Hall–Kier alpha value is -1.11. The zero-order chi connectivity index (χ0) is 12.7. The normalized spacial score (nSPS) is 10.4. The molecule has 0 atom stereocenters. The molecule has 1 aromatic rings. The van der Waals surface area contributed by atoms with Crippen molar-refractivity contribution >= 4 is 21.8 Å². The summed E-state index contributed by atoms with van der Waals surface area (Å²) in [6.07, 6.45) is 0. The third-order valence-electron chi connectivity index (χ3n) is 2.01. The van der Waals surface area contributed by atoms with Crippen LogP contribution in [0.1, 0.15) is 5.56 Å². The molecule has 94 valence electrons. The van der Waals surface area contributed by atoms with E-state index in [4.69, 9.17) is 10.5 Å². The van der Waals surface area contributed by atoms with Crippen LogP contribution in [0.15, 0.2) is 22.7 Å². The SMILES string of the molecule is NC(=O)COCCNCc1ccc(O)c(Br)c1. The van der Waals surface area contributed by atoms with E-state index >= 15 is 0 Å². The third kappa shape index (κ3) is 5.67. The first-order valence-corrected chi connectivity index (χ1v) is 5.93. The minimum Gasteiger partial charge on any atom is -0.507 e. The van der Waals surface area contributed by atoms with Gasteiger partial charge in [-0.05, 0) is 33.6 Å². The van der Waals surface area contributed by atoms with Crippen LogP contribution in [0.25, 0.3) is 0 Å². The van der Waals surface area contributed by atoms with Crippen molar-refractivity contribution < 1.29 is 14.6 Å². The first kappa shape index (κ1) is 14.0. The number of hydrogen-bond donors (Lipinski definition) is 3. The number of aromatic hydroxyl groups is 1. The number of ether oxygens (including phenoxy) is 1. The average Bonchev–Trinajstić information content (AvgIpc) is 2.27. The highest BCUT2D eigenvalue weighted by atomic mass is 79.9. The van der Waals surface area contributed by atoms with Gasteiger partial charge in [-0.25, -0.2) is 0 Å². The topological polar surface area (TPSA) is 84.6 Å². The molecule has 0 aliphatic rings. The first-order chi connectivity index (χ1) is 8.09. The van der Waals surface area contributed by atoms with Crippen LogP contribution in [0, 0.1) is 0 Å². The monoisotopic (exact) mass is 302 g/mol. The highest BCUT2D eigenvalue weighted by Crippen LogP contribution is 2.23. The molecular formula is C11H15BrN2O3. The zero-order valence-corrected chi connectivity index (χ0v) is 10.9. The molecule has 0 aliphatic carbocycles. The van der Waals surface area contributed by atoms with Crippen molar-refractivity contribution in [3.05, 3.63) is 28.2 Å². The Balaban J connectivity index is 2.18. The van der Waals surface area contributed by atoms with Crippen LogP contribution >= 0.6 is 15.9 Å². The molecule has 0 fully saturated rings. The Morgan fingerprint density at radius 1 is 1.53 bits per heavy atom. The molecule has 1 aromatic carbocycles. The number of rotatable bonds is 7. The highest BCUT2D eigenvalue weighted by Gasteiger charge is 1.99. The van der Waals surface area contributed by atoms with Gasteiger partial charge in [0, 0.05) is 13.1 Å². The van der Waals surface area contributed by atoms with Gasteiger partial charge in [0.25, 0.3) is 0 Å². The molecule has 5 nitrogen and oxygen atoms in total. The summed E-state index contributed by atoms with van der Waals surface area (Å²) in [6.45, 7) is 1.68. The summed E-state index contributed by atoms with van der Waals surface area (Å²) in [5, 5.41) is 12.4. The Kier molecular flexibility index (Phi) is 5.96. The lowest BCUT2D eigenvalue weighted by molar-refractivity contribution is -0.122. The maximum Gasteiger partial charge on any atom is 0.243 e. The quantitative estimate of drug-likeness (QED) is 0.649. The van der Waals surface area contributed by atoms with E-state index in [-0.39, 0.29) is 12.4 Å². The minimum absolute atomic E-state index is 0.0492. The highest BCUT2D eigenvalue weighted by molar-refractivity contribution is 9.10. The number of nitrogens with two attached hydrogens (primary N) is 1. The van der Waals surface area contributed by atoms with Gasteiger partial charge >= 0.3 is 0 Å². The largest absolute Gasteiger partial charge is 0.507 e. The number of nitrogens with one attached hydrogen (secondary N) is 1. The molecule has 0 radical (unpaired) electrons. The van der Waals surface area contributed by atoms with Crippen LogP contribution < -0.4 is 11.1 Å². The fourth-order valence-corrected chi connectivity index (χ4v) is 1.64. The fourth-order valence-electron chi connectivity index (χ4n) is 1.21. The van der Waals surface area contributed by atoms with Crippen LogP contribution in [-0.4, -0.2) is 30.8 Å².